The Morgan fingerprint density at radius 1 is 1.21 bits per heavy atom. The highest BCUT2D eigenvalue weighted by Gasteiger charge is 2.27. The summed E-state index contributed by atoms with van der Waals surface area (Å²) in [4.78, 5) is 24.7. The number of aromatic nitrogens is 4. The molecule has 0 radical (unpaired) electrons. The van der Waals surface area contributed by atoms with Crippen LogP contribution in [-0.2, 0) is 24.4 Å². The summed E-state index contributed by atoms with van der Waals surface area (Å²) < 4.78 is 7.47. The molecule has 1 N–H and O–H groups in total. The summed E-state index contributed by atoms with van der Waals surface area (Å²) >= 11 is 1.59. The van der Waals surface area contributed by atoms with E-state index in [-0.39, 0.29) is 11.8 Å². The number of piperidine rings is 1. The van der Waals surface area contributed by atoms with Gasteiger partial charge in [0.2, 0.25) is 17.6 Å². The van der Waals surface area contributed by atoms with E-state index in [0.717, 1.165) is 36.4 Å². The predicted octanol–water partition coefficient (Wildman–Crippen LogP) is 3.57. The average Bonchev–Trinajstić information content (AvgIpc) is 3.61. The minimum Gasteiger partial charge on any atom is -0.352 e. The number of hydrogen-bond donors (Lipinski definition) is 1. The Morgan fingerprint density at radius 2 is 2.15 bits per heavy atom. The molecule has 1 amide bonds. The van der Waals surface area contributed by atoms with Crippen LogP contribution in [0, 0.1) is 5.92 Å². The van der Waals surface area contributed by atoms with Gasteiger partial charge in [-0.15, -0.1) is 11.3 Å². The molecule has 8 nitrogen and oxygen atoms in total. The second-order valence-electron chi connectivity index (χ2n) is 8.34. The van der Waals surface area contributed by atoms with Crippen molar-refractivity contribution in [1.82, 2.24) is 29.9 Å². The average molecular weight is 463 g/mol. The standard InChI is InChI=1S/C24H26N6O2S/c31-24(26-13-18-4-1-5-19(12-18)14-30-10-8-25-17-30)20-6-2-9-29(15-20)16-22-27-23(28-32-22)21-7-3-11-33-21/h1,3-5,7-8,10-12,17,20H,2,6,9,13-16H2,(H,26,31). The molecule has 9 heteroatoms. The number of nitrogens with one attached hydrogen (secondary N) is 1. The summed E-state index contributed by atoms with van der Waals surface area (Å²) in [5, 5.41) is 9.21. The van der Waals surface area contributed by atoms with E-state index in [1.54, 1.807) is 23.9 Å². The molecule has 1 aliphatic rings. The molecule has 0 bridgehead atoms. The van der Waals surface area contributed by atoms with Crippen LogP contribution in [0.5, 0.6) is 0 Å². The molecule has 33 heavy (non-hydrogen) atoms. The summed E-state index contributed by atoms with van der Waals surface area (Å²) in [7, 11) is 0. The molecule has 4 heterocycles. The first-order chi connectivity index (χ1) is 16.2. The molecule has 0 saturated carbocycles. The number of carbonyl (C=O) groups is 1. The molecule has 1 fully saturated rings. The summed E-state index contributed by atoms with van der Waals surface area (Å²) in [6.07, 6.45) is 7.40. The Kier molecular flexibility index (Phi) is 6.59. The first-order valence-electron chi connectivity index (χ1n) is 11.1. The summed E-state index contributed by atoms with van der Waals surface area (Å²) in [6.45, 7) is 3.49. The van der Waals surface area contributed by atoms with E-state index in [0.29, 0.717) is 31.3 Å². The smallest absolute Gasteiger partial charge is 0.241 e. The lowest BCUT2D eigenvalue weighted by Gasteiger charge is -2.30. The van der Waals surface area contributed by atoms with Crippen LogP contribution in [0.1, 0.15) is 29.9 Å². The zero-order valence-electron chi connectivity index (χ0n) is 18.3. The number of imidazole rings is 1. The number of carbonyl (C=O) groups excluding carboxylic acids is 1. The van der Waals surface area contributed by atoms with Gasteiger partial charge in [-0.2, -0.15) is 4.98 Å². The van der Waals surface area contributed by atoms with Crippen molar-refractivity contribution in [3.8, 4) is 10.7 Å². The number of likely N-dealkylation sites (tertiary alicyclic amines) is 1. The number of amides is 1. The first kappa shape index (κ1) is 21.5. The minimum atomic E-state index is -0.0347. The molecule has 1 saturated heterocycles. The normalized spacial score (nSPS) is 16.7. The van der Waals surface area contributed by atoms with Crippen LogP contribution in [-0.4, -0.2) is 43.6 Å². The van der Waals surface area contributed by atoms with Gasteiger partial charge in [-0.1, -0.05) is 35.5 Å². The third kappa shape index (κ3) is 5.55. The molecule has 4 aromatic rings. The van der Waals surface area contributed by atoms with Crippen LogP contribution in [0.15, 0.2) is 65.0 Å². The highest BCUT2D eigenvalue weighted by atomic mass is 32.1. The Hall–Kier alpha value is -3.30. The van der Waals surface area contributed by atoms with Crippen LogP contribution >= 0.6 is 11.3 Å². The molecule has 1 aliphatic heterocycles. The van der Waals surface area contributed by atoms with E-state index in [9.17, 15) is 4.79 Å². The fourth-order valence-corrected chi connectivity index (χ4v) is 4.84. The fraction of sp³-hybridized carbons (Fsp3) is 0.333. The Morgan fingerprint density at radius 3 is 3.00 bits per heavy atom. The van der Waals surface area contributed by atoms with Crippen molar-refractivity contribution >= 4 is 17.2 Å². The number of benzene rings is 1. The molecular formula is C24H26N6O2S. The molecule has 1 aromatic carbocycles. The van der Waals surface area contributed by atoms with Crippen molar-refractivity contribution in [2.45, 2.75) is 32.5 Å². The zero-order chi connectivity index (χ0) is 22.5. The number of hydrogen-bond acceptors (Lipinski definition) is 7. The van der Waals surface area contributed by atoms with Crippen molar-refractivity contribution in [2.75, 3.05) is 13.1 Å². The molecule has 1 unspecified atom stereocenters. The van der Waals surface area contributed by atoms with Crippen LogP contribution in [0.2, 0.25) is 0 Å². The van der Waals surface area contributed by atoms with Crippen LogP contribution in [0.25, 0.3) is 10.7 Å². The van der Waals surface area contributed by atoms with E-state index in [1.165, 1.54) is 5.56 Å². The van der Waals surface area contributed by atoms with Gasteiger partial charge in [0.1, 0.15) is 0 Å². The van der Waals surface area contributed by atoms with Gasteiger partial charge in [-0.3, -0.25) is 9.69 Å². The van der Waals surface area contributed by atoms with Crippen LogP contribution in [0.4, 0.5) is 0 Å². The monoisotopic (exact) mass is 462 g/mol. The van der Waals surface area contributed by atoms with Crippen molar-refractivity contribution in [3.63, 3.8) is 0 Å². The molecule has 3 aromatic heterocycles. The van der Waals surface area contributed by atoms with Crippen molar-refractivity contribution in [1.29, 1.82) is 0 Å². The second-order valence-corrected chi connectivity index (χ2v) is 9.28. The van der Waals surface area contributed by atoms with Gasteiger partial charge in [-0.25, -0.2) is 4.98 Å². The molecule has 1 atom stereocenters. The highest BCUT2D eigenvalue weighted by molar-refractivity contribution is 7.13. The minimum absolute atomic E-state index is 0.0347. The first-order valence-corrected chi connectivity index (χ1v) is 12.0. The van der Waals surface area contributed by atoms with Gasteiger partial charge in [0.05, 0.1) is 23.7 Å². The third-order valence-electron chi connectivity index (χ3n) is 5.83. The van der Waals surface area contributed by atoms with E-state index in [1.807, 2.05) is 40.4 Å². The number of rotatable bonds is 8. The summed E-state index contributed by atoms with van der Waals surface area (Å²) in [5.74, 6) is 1.29. The quantitative estimate of drug-likeness (QED) is 0.431. The topological polar surface area (TPSA) is 89.1 Å². The molecular weight excluding hydrogens is 436 g/mol. The van der Waals surface area contributed by atoms with Gasteiger partial charge in [0.15, 0.2) is 0 Å². The lowest BCUT2D eigenvalue weighted by Crippen LogP contribution is -2.42. The molecule has 170 valence electrons. The Bertz CT molecular complexity index is 1170. The lowest BCUT2D eigenvalue weighted by molar-refractivity contribution is -0.127. The number of nitrogens with zero attached hydrogens (tertiary/aromatic N) is 5. The lowest BCUT2D eigenvalue weighted by atomic mass is 9.97. The molecule has 0 aliphatic carbocycles. The van der Waals surface area contributed by atoms with Gasteiger partial charge >= 0.3 is 0 Å². The number of thiophene rings is 1. The second kappa shape index (κ2) is 10.1. The molecule has 5 rings (SSSR count). The summed E-state index contributed by atoms with van der Waals surface area (Å²) in [6, 6.07) is 12.3. The maximum absolute atomic E-state index is 12.9. The SMILES string of the molecule is O=C(NCc1cccc(Cn2ccnc2)c1)C1CCCN(Cc2nc(-c3cccs3)no2)C1. The maximum Gasteiger partial charge on any atom is 0.241 e. The van der Waals surface area contributed by atoms with Gasteiger partial charge < -0.3 is 14.4 Å². The summed E-state index contributed by atoms with van der Waals surface area (Å²) in [5.41, 5.74) is 2.28. The molecule has 0 spiro atoms. The van der Waals surface area contributed by atoms with E-state index in [4.69, 9.17) is 4.52 Å². The van der Waals surface area contributed by atoms with Crippen molar-refractivity contribution in [2.24, 2.45) is 5.92 Å². The predicted molar refractivity (Wildman–Crippen MR) is 125 cm³/mol. The fourth-order valence-electron chi connectivity index (χ4n) is 4.19. The van der Waals surface area contributed by atoms with Gasteiger partial charge in [0, 0.05) is 32.0 Å². The van der Waals surface area contributed by atoms with E-state index >= 15 is 0 Å². The largest absolute Gasteiger partial charge is 0.352 e. The van der Waals surface area contributed by atoms with Gasteiger partial charge in [-0.05, 0) is 42.0 Å². The highest BCUT2D eigenvalue weighted by Crippen LogP contribution is 2.23. The van der Waals surface area contributed by atoms with Crippen LogP contribution in [0.3, 0.4) is 0 Å². The Balaban J connectivity index is 1.13. The third-order valence-corrected chi connectivity index (χ3v) is 6.69. The van der Waals surface area contributed by atoms with Crippen molar-refractivity contribution in [3.05, 3.63) is 77.5 Å². The van der Waals surface area contributed by atoms with E-state index in [2.05, 4.69) is 37.5 Å². The zero-order valence-corrected chi connectivity index (χ0v) is 19.1. The van der Waals surface area contributed by atoms with Crippen LogP contribution < -0.4 is 5.32 Å². The van der Waals surface area contributed by atoms with Crippen molar-refractivity contribution < 1.29 is 9.32 Å². The maximum atomic E-state index is 12.9. The van der Waals surface area contributed by atoms with E-state index < -0.39 is 0 Å². The Labute approximate surface area is 196 Å². The van der Waals surface area contributed by atoms with Gasteiger partial charge in [0.25, 0.3) is 0 Å².